The molecule has 4 heterocycles. The largest absolute Gasteiger partial charge is 0.383 e. The number of hydrogen-bond acceptors (Lipinski definition) is 6. The second-order valence-corrected chi connectivity index (χ2v) is 6.69. The maximum Gasteiger partial charge on any atom is 0.137 e. The molecule has 0 aromatic carbocycles. The van der Waals surface area contributed by atoms with Crippen LogP contribution >= 0.6 is 11.3 Å². The van der Waals surface area contributed by atoms with Crippen molar-refractivity contribution in [1.29, 1.82) is 0 Å². The van der Waals surface area contributed by atoms with E-state index >= 15 is 0 Å². The minimum atomic E-state index is 0.530. The lowest BCUT2D eigenvalue weighted by Crippen LogP contribution is -2.33. The first kappa shape index (κ1) is 12.2. The Morgan fingerprint density at radius 3 is 3.00 bits per heavy atom. The summed E-state index contributed by atoms with van der Waals surface area (Å²) in [5.74, 6) is 1.23. The average Bonchev–Trinajstić information content (AvgIpc) is 2.91. The van der Waals surface area contributed by atoms with Crippen molar-refractivity contribution in [3.05, 3.63) is 22.6 Å². The number of aryl methyl sites for hydroxylation is 1. The molecule has 1 fully saturated rings. The van der Waals surface area contributed by atoms with E-state index < -0.39 is 0 Å². The molecule has 2 aromatic heterocycles. The number of nitrogens with zero attached hydrogens (tertiary/aromatic N) is 4. The molecule has 5 nitrogen and oxygen atoms in total. The van der Waals surface area contributed by atoms with Crippen LogP contribution in [0.15, 0.2) is 6.20 Å². The van der Waals surface area contributed by atoms with Crippen molar-refractivity contribution in [2.45, 2.75) is 38.3 Å². The molecule has 2 aliphatic rings. The molecule has 2 bridgehead atoms. The van der Waals surface area contributed by atoms with Gasteiger partial charge in [-0.15, -0.1) is 11.3 Å². The molecule has 2 unspecified atom stereocenters. The molecular formula is C14H17N5S. The molecule has 6 heteroatoms. The van der Waals surface area contributed by atoms with Gasteiger partial charge < -0.3 is 5.73 Å². The van der Waals surface area contributed by atoms with Gasteiger partial charge in [0.2, 0.25) is 0 Å². The summed E-state index contributed by atoms with van der Waals surface area (Å²) in [5.41, 5.74) is 8.15. The molecule has 4 rings (SSSR count). The Kier molecular flexibility index (Phi) is 2.59. The summed E-state index contributed by atoms with van der Waals surface area (Å²) < 4.78 is 0. The van der Waals surface area contributed by atoms with Gasteiger partial charge in [-0.2, -0.15) is 0 Å². The Morgan fingerprint density at radius 1 is 1.35 bits per heavy atom. The summed E-state index contributed by atoms with van der Waals surface area (Å²) in [4.78, 5) is 17.2. The Labute approximate surface area is 121 Å². The Bertz CT molecular complexity index is 680. The van der Waals surface area contributed by atoms with Crippen LogP contribution in [-0.4, -0.2) is 32.9 Å². The Morgan fingerprint density at radius 2 is 2.20 bits per heavy atom. The van der Waals surface area contributed by atoms with Gasteiger partial charge >= 0.3 is 0 Å². The van der Waals surface area contributed by atoms with Gasteiger partial charge in [0.25, 0.3) is 0 Å². The van der Waals surface area contributed by atoms with E-state index in [2.05, 4.69) is 21.9 Å². The van der Waals surface area contributed by atoms with Gasteiger partial charge in [-0.3, -0.25) is 4.90 Å². The molecule has 20 heavy (non-hydrogen) atoms. The number of nitrogens with two attached hydrogens (primary N) is 1. The van der Waals surface area contributed by atoms with Crippen LogP contribution in [0.25, 0.3) is 10.6 Å². The van der Waals surface area contributed by atoms with E-state index in [1.165, 1.54) is 23.4 Å². The molecule has 2 N–H and O–H groups in total. The second-order valence-electron chi connectivity index (χ2n) is 5.66. The summed E-state index contributed by atoms with van der Waals surface area (Å²) in [6.45, 7) is 1.85. The number of fused-ring (bicyclic) bond motifs is 4. The normalized spacial score (nSPS) is 24.9. The lowest BCUT2D eigenvalue weighted by molar-refractivity contribution is 0.226. The third kappa shape index (κ3) is 1.68. The minimum absolute atomic E-state index is 0.530. The van der Waals surface area contributed by atoms with E-state index in [1.807, 2.05) is 6.92 Å². The first-order chi connectivity index (χ1) is 9.63. The van der Waals surface area contributed by atoms with Gasteiger partial charge in [-0.05, 0) is 26.8 Å². The van der Waals surface area contributed by atoms with E-state index in [0.717, 1.165) is 17.0 Å². The summed E-state index contributed by atoms with van der Waals surface area (Å²) in [5, 5.41) is 0.966. The number of aromatic nitrogens is 3. The molecule has 2 atom stereocenters. The number of rotatable bonds is 1. The number of hydrogen-bond donors (Lipinski definition) is 1. The van der Waals surface area contributed by atoms with Gasteiger partial charge in [-0.25, -0.2) is 15.0 Å². The highest BCUT2D eigenvalue weighted by molar-refractivity contribution is 7.15. The zero-order valence-corrected chi connectivity index (χ0v) is 12.4. The highest BCUT2D eigenvalue weighted by atomic mass is 32.1. The summed E-state index contributed by atoms with van der Waals surface area (Å²) in [6.07, 6.45) is 5.39. The highest BCUT2D eigenvalue weighted by Gasteiger charge is 2.39. The van der Waals surface area contributed by atoms with Crippen LogP contribution in [0.1, 0.15) is 35.3 Å². The molecule has 0 radical (unpaired) electrons. The van der Waals surface area contributed by atoms with Crippen LogP contribution in [0.3, 0.4) is 0 Å². The topological polar surface area (TPSA) is 67.9 Å². The fraction of sp³-hybridized carbons (Fsp3) is 0.500. The number of nitrogen functional groups attached to an aromatic ring is 1. The molecule has 104 valence electrons. The summed E-state index contributed by atoms with van der Waals surface area (Å²) in [6, 6.07) is 1.21. The zero-order chi connectivity index (χ0) is 13.9. The van der Waals surface area contributed by atoms with Gasteiger partial charge in [-0.1, -0.05) is 0 Å². The monoisotopic (exact) mass is 287 g/mol. The maximum absolute atomic E-state index is 6.02. The third-order valence-electron chi connectivity index (χ3n) is 4.47. The van der Waals surface area contributed by atoms with E-state index in [-0.39, 0.29) is 0 Å². The number of anilines is 1. The first-order valence-electron chi connectivity index (χ1n) is 6.94. The van der Waals surface area contributed by atoms with Crippen molar-refractivity contribution >= 4 is 17.2 Å². The second kappa shape index (κ2) is 4.23. The molecule has 2 aliphatic heterocycles. The predicted octanol–water partition coefficient (Wildman–Crippen LogP) is 2.18. The van der Waals surface area contributed by atoms with Crippen molar-refractivity contribution in [2.75, 3.05) is 12.8 Å². The molecule has 0 spiro atoms. The standard InChI is InChI=1S/C14H17N5S/c1-7-16-6-9(13(15)17-7)14-18-10-5-8-3-4-11(19(8)2)12(10)20-14/h6,8,11H,3-5H2,1-2H3,(H2,15,16,17). The SMILES string of the molecule is Cc1ncc(-c2nc3c(s2)C2CCC(C3)N2C)c(N)n1. The number of likely N-dealkylation sites (N-methyl/N-ethyl adjacent to an activating group) is 1. The van der Waals surface area contributed by atoms with Crippen LogP contribution in [0.4, 0.5) is 5.82 Å². The van der Waals surface area contributed by atoms with Gasteiger partial charge in [0.1, 0.15) is 16.6 Å². The fourth-order valence-electron chi connectivity index (χ4n) is 3.33. The predicted molar refractivity (Wildman–Crippen MR) is 79.5 cm³/mol. The maximum atomic E-state index is 6.02. The van der Waals surface area contributed by atoms with Gasteiger partial charge in [0.05, 0.1) is 11.3 Å². The van der Waals surface area contributed by atoms with Crippen LogP contribution in [0, 0.1) is 6.92 Å². The Hall–Kier alpha value is -1.53. The van der Waals surface area contributed by atoms with Crippen molar-refractivity contribution in [2.24, 2.45) is 0 Å². The van der Waals surface area contributed by atoms with Crippen molar-refractivity contribution in [1.82, 2.24) is 19.9 Å². The van der Waals surface area contributed by atoms with Gasteiger partial charge in [0.15, 0.2) is 0 Å². The lowest BCUT2D eigenvalue weighted by atomic mass is 10.1. The first-order valence-corrected chi connectivity index (χ1v) is 7.76. The summed E-state index contributed by atoms with van der Waals surface area (Å²) >= 11 is 1.76. The van der Waals surface area contributed by atoms with Crippen LogP contribution in [0.2, 0.25) is 0 Å². The molecule has 0 aliphatic carbocycles. The van der Waals surface area contributed by atoms with Crippen LogP contribution < -0.4 is 5.73 Å². The minimum Gasteiger partial charge on any atom is -0.383 e. The molecule has 2 aromatic rings. The molecule has 1 saturated heterocycles. The van der Waals surface area contributed by atoms with Crippen molar-refractivity contribution < 1.29 is 0 Å². The zero-order valence-electron chi connectivity index (χ0n) is 11.6. The van der Waals surface area contributed by atoms with E-state index in [1.54, 1.807) is 17.5 Å². The average molecular weight is 287 g/mol. The molecule has 0 amide bonds. The van der Waals surface area contributed by atoms with E-state index in [4.69, 9.17) is 10.7 Å². The fourth-order valence-corrected chi connectivity index (χ4v) is 4.63. The molecule has 0 saturated carbocycles. The van der Waals surface area contributed by atoms with Crippen LogP contribution in [-0.2, 0) is 6.42 Å². The quantitative estimate of drug-likeness (QED) is 0.870. The molecular weight excluding hydrogens is 270 g/mol. The van der Waals surface area contributed by atoms with Crippen molar-refractivity contribution in [3.8, 4) is 10.6 Å². The lowest BCUT2D eigenvalue weighted by Gasteiger charge is -2.29. The van der Waals surface area contributed by atoms with Crippen molar-refractivity contribution in [3.63, 3.8) is 0 Å². The highest BCUT2D eigenvalue weighted by Crippen LogP contribution is 2.46. The third-order valence-corrected chi connectivity index (χ3v) is 5.70. The number of thiazole rings is 1. The smallest absolute Gasteiger partial charge is 0.137 e. The van der Waals surface area contributed by atoms with Crippen LogP contribution in [0.5, 0.6) is 0 Å². The Balaban J connectivity index is 1.79. The van der Waals surface area contributed by atoms with E-state index in [0.29, 0.717) is 23.7 Å². The van der Waals surface area contributed by atoms with Gasteiger partial charge in [0, 0.05) is 29.6 Å². The summed E-state index contributed by atoms with van der Waals surface area (Å²) in [7, 11) is 2.23. The van der Waals surface area contributed by atoms with E-state index in [9.17, 15) is 0 Å².